The zero-order valence-corrected chi connectivity index (χ0v) is 7.71. The Morgan fingerprint density at radius 1 is 1.15 bits per heavy atom. The summed E-state index contributed by atoms with van der Waals surface area (Å²) in [6.07, 6.45) is 0. The van der Waals surface area contributed by atoms with Crippen LogP contribution in [0.3, 0.4) is 0 Å². The summed E-state index contributed by atoms with van der Waals surface area (Å²) in [5.74, 6) is 0. The standard InChI is InChI=1S/C10H8N2S/c11-10(13)9-6-5-7-3-1-2-4-8(7)12-9/h1-6H,(H2,11,13). The third kappa shape index (κ3) is 1.51. The molecule has 0 aliphatic carbocycles. The Kier molecular flexibility index (Phi) is 1.94. The maximum atomic E-state index is 5.47. The van der Waals surface area contributed by atoms with Gasteiger partial charge in [-0.1, -0.05) is 36.5 Å². The van der Waals surface area contributed by atoms with Crippen LogP contribution in [0.4, 0.5) is 0 Å². The summed E-state index contributed by atoms with van der Waals surface area (Å²) in [5, 5.41) is 1.10. The highest BCUT2D eigenvalue weighted by Gasteiger charge is 1.98. The first-order chi connectivity index (χ1) is 6.27. The van der Waals surface area contributed by atoms with Gasteiger partial charge in [-0.3, -0.25) is 0 Å². The SMILES string of the molecule is NC(=S)c1ccc2ccccc2n1. The minimum Gasteiger partial charge on any atom is -0.388 e. The summed E-state index contributed by atoms with van der Waals surface area (Å²) in [6, 6.07) is 11.7. The molecular formula is C10H8N2S. The molecule has 13 heavy (non-hydrogen) atoms. The zero-order valence-electron chi connectivity index (χ0n) is 6.90. The Labute approximate surface area is 81.4 Å². The smallest absolute Gasteiger partial charge is 0.122 e. The lowest BCUT2D eigenvalue weighted by molar-refractivity contribution is 1.36. The van der Waals surface area contributed by atoms with Crippen molar-refractivity contribution in [3.05, 3.63) is 42.1 Å². The van der Waals surface area contributed by atoms with Gasteiger partial charge in [0.15, 0.2) is 0 Å². The van der Waals surface area contributed by atoms with Crippen molar-refractivity contribution in [2.75, 3.05) is 0 Å². The molecule has 1 heterocycles. The summed E-state index contributed by atoms with van der Waals surface area (Å²) in [5.41, 5.74) is 7.07. The molecule has 0 fully saturated rings. The van der Waals surface area contributed by atoms with Crippen LogP contribution in [-0.4, -0.2) is 9.97 Å². The fourth-order valence-electron chi connectivity index (χ4n) is 1.20. The molecule has 2 N–H and O–H groups in total. The molecule has 0 aliphatic heterocycles. The van der Waals surface area contributed by atoms with E-state index in [1.165, 1.54) is 0 Å². The van der Waals surface area contributed by atoms with E-state index in [1.807, 2.05) is 36.4 Å². The fraction of sp³-hybridized carbons (Fsp3) is 0. The molecule has 0 atom stereocenters. The number of nitrogens with zero attached hydrogens (tertiary/aromatic N) is 1. The minimum atomic E-state index is 0.339. The van der Waals surface area contributed by atoms with E-state index in [-0.39, 0.29) is 0 Å². The molecule has 3 heteroatoms. The summed E-state index contributed by atoms with van der Waals surface area (Å²) in [4.78, 5) is 4.65. The highest BCUT2D eigenvalue weighted by atomic mass is 32.1. The average Bonchev–Trinajstić information content (AvgIpc) is 2.17. The van der Waals surface area contributed by atoms with E-state index in [9.17, 15) is 0 Å². The van der Waals surface area contributed by atoms with Crippen LogP contribution in [0, 0.1) is 0 Å². The lowest BCUT2D eigenvalue weighted by Gasteiger charge is -1.99. The van der Waals surface area contributed by atoms with Crippen LogP contribution in [0.2, 0.25) is 0 Å². The van der Waals surface area contributed by atoms with Gasteiger partial charge < -0.3 is 5.73 Å². The summed E-state index contributed by atoms with van der Waals surface area (Å²) in [6.45, 7) is 0. The molecule has 2 rings (SSSR count). The molecule has 0 radical (unpaired) electrons. The van der Waals surface area contributed by atoms with Gasteiger partial charge in [0, 0.05) is 5.39 Å². The molecule has 2 aromatic rings. The van der Waals surface area contributed by atoms with Crippen LogP contribution < -0.4 is 5.73 Å². The van der Waals surface area contributed by atoms with Gasteiger partial charge >= 0.3 is 0 Å². The molecule has 0 aliphatic rings. The second-order valence-electron chi connectivity index (χ2n) is 2.75. The van der Waals surface area contributed by atoms with Crippen LogP contribution in [0.25, 0.3) is 10.9 Å². The molecule has 1 aromatic carbocycles. The van der Waals surface area contributed by atoms with Crippen LogP contribution in [-0.2, 0) is 0 Å². The Morgan fingerprint density at radius 3 is 2.69 bits per heavy atom. The molecule has 2 nitrogen and oxygen atoms in total. The van der Waals surface area contributed by atoms with Gasteiger partial charge in [-0.15, -0.1) is 0 Å². The number of aromatic nitrogens is 1. The Hall–Kier alpha value is -1.48. The maximum Gasteiger partial charge on any atom is 0.122 e. The Morgan fingerprint density at radius 2 is 1.92 bits per heavy atom. The number of rotatable bonds is 1. The molecule has 0 saturated heterocycles. The molecular weight excluding hydrogens is 180 g/mol. The lowest BCUT2D eigenvalue weighted by Crippen LogP contribution is -2.11. The topological polar surface area (TPSA) is 38.9 Å². The largest absolute Gasteiger partial charge is 0.388 e. The lowest BCUT2D eigenvalue weighted by atomic mass is 10.2. The van der Waals surface area contributed by atoms with Crippen molar-refractivity contribution in [3.8, 4) is 0 Å². The van der Waals surface area contributed by atoms with Gasteiger partial charge in [0.25, 0.3) is 0 Å². The summed E-state index contributed by atoms with van der Waals surface area (Å²) < 4.78 is 0. The van der Waals surface area contributed by atoms with E-state index in [2.05, 4.69) is 4.98 Å². The van der Waals surface area contributed by atoms with E-state index >= 15 is 0 Å². The predicted octanol–water partition coefficient (Wildman–Crippen LogP) is 1.87. The molecule has 0 unspecified atom stereocenters. The number of hydrogen-bond acceptors (Lipinski definition) is 2. The first-order valence-electron chi connectivity index (χ1n) is 3.93. The van der Waals surface area contributed by atoms with Gasteiger partial charge in [-0.05, 0) is 12.1 Å². The maximum absolute atomic E-state index is 5.47. The number of fused-ring (bicyclic) bond motifs is 1. The van der Waals surface area contributed by atoms with Crippen molar-refractivity contribution >= 4 is 28.1 Å². The highest BCUT2D eigenvalue weighted by molar-refractivity contribution is 7.80. The third-order valence-corrected chi connectivity index (χ3v) is 2.06. The fourth-order valence-corrected chi connectivity index (χ4v) is 1.32. The van der Waals surface area contributed by atoms with Crippen LogP contribution in [0.5, 0.6) is 0 Å². The van der Waals surface area contributed by atoms with E-state index in [0.717, 1.165) is 10.9 Å². The Bertz CT molecular complexity index is 465. The zero-order chi connectivity index (χ0) is 9.26. The second kappa shape index (κ2) is 3.11. The summed E-state index contributed by atoms with van der Waals surface area (Å²) in [7, 11) is 0. The van der Waals surface area contributed by atoms with Gasteiger partial charge in [-0.2, -0.15) is 0 Å². The molecule has 0 amide bonds. The molecule has 1 aromatic heterocycles. The summed E-state index contributed by atoms with van der Waals surface area (Å²) >= 11 is 4.84. The second-order valence-corrected chi connectivity index (χ2v) is 3.19. The highest BCUT2D eigenvalue weighted by Crippen LogP contribution is 2.11. The quantitative estimate of drug-likeness (QED) is 0.694. The number of nitrogens with two attached hydrogens (primary N) is 1. The van der Waals surface area contributed by atoms with Crippen LogP contribution >= 0.6 is 12.2 Å². The van der Waals surface area contributed by atoms with Crippen LogP contribution in [0.15, 0.2) is 36.4 Å². The van der Waals surface area contributed by atoms with Crippen molar-refractivity contribution in [3.63, 3.8) is 0 Å². The van der Waals surface area contributed by atoms with E-state index in [1.54, 1.807) is 0 Å². The van der Waals surface area contributed by atoms with Crippen LogP contribution in [0.1, 0.15) is 5.69 Å². The molecule has 0 saturated carbocycles. The third-order valence-electron chi connectivity index (χ3n) is 1.85. The molecule has 64 valence electrons. The normalized spacial score (nSPS) is 10.2. The number of pyridine rings is 1. The van der Waals surface area contributed by atoms with Gasteiger partial charge in [-0.25, -0.2) is 4.98 Å². The predicted molar refractivity (Wildman–Crippen MR) is 57.6 cm³/mol. The van der Waals surface area contributed by atoms with E-state index in [0.29, 0.717) is 10.7 Å². The Balaban J connectivity index is 2.69. The first kappa shape index (κ1) is 8.13. The van der Waals surface area contributed by atoms with Crippen molar-refractivity contribution < 1.29 is 0 Å². The molecule has 0 bridgehead atoms. The van der Waals surface area contributed by atoms with Crippen molar-refractivity contribution in [2.45, 2.75) is 0 Å². The molecule has 0 spiro atoms. The van der Waals surface area contributed by atoms with Crippen molar-refractivity contribution in [1.82, 2.24) is 4.98 Å². The van der Waals surface area contributed by atoms with Gasteiger partial charge in [0.2, 0.25) is 0 Å². The average molecular weight is 188 g/mol. The number of hydrogen-bond donors (Lipinski definition) is 1. The number of benzene rings is 1. The van der Waals surface area contributed by atoms with Crippen molar-refractivity contribution in [2.24, 2.45) is 5.73 Å². The van der Waals surface area contributed by atoms with Gasteiger partial charge in [0.1, 0.15) is 4.99 Å². The van der Waals surface area contributed by atoms with E-state index < -0.39 is 0 Å². The number of para-hydroxylation sites is 1. The van der Waals surface area contributed by atoms with E-state index in [4.69, 9.17) is 18.0 Å². The monoisotopic (exact) mass is 188 g/mol. The van der Waals surface area contributed by atoms with Gasteiger partial charge in [0.05, 0.1) is 11.2 Å². The van der Waals surface area contributed by atoms with Crippen molar-refractivity contribution in [1.29, 1.82) is 0 Å². The first-order valence-corrected chi connectivity index (χ1v) is 4.34. The number of thiocarbonyl (C=S) groups is 1. The minimum absolute atomic E-state index is 0.339.